The molecule has 5 heteroatoms. The van der Waals surface area contributed by atoms with Crippen LogP contribution in [0.25, 0.3) is 10.9 Å². The number of likely N-dealkylation sites (tertiary alicyclic amines) is 1. The minimum Gasteiger partial charge on any atom is -0.497 e. The van der Waals surface area contributed by atoms with Gasteiger partial charge in [-0.05, 0) is 37.1 Å². The first-order chi connectivity index (χ1) is 10.2. The summed E-state index contributed by atoms with van der Waals surface area (Å²) in [6.07, 6.45) is 1.69. The van der Waals surface area contributed by atoms with Gasteiger partial charge in [0.05, 0.1) is 14.2 Å². The fourth-order valence-corrected chi connectivity index (χ4v) is 2.98. The van der Waals surface area contributed by atoms with Crippen molar-refractivity contribution in [3.63, 3.8) is 0 Å². The Labute approximate surface area is 123 Å². The van der Waals surface area contributed by atoms with Crippen LogP contribution in [0.4, 0.5) is 4.79 Å². The zero-order chi connectivity index (χ0) is 14.8. The molecule has 0 aliphatic carbocycles. The van der Waals surface area contributed by atoms with E-state index >= 15 is 0 Å². The molecule has 112 valence electrons. The molecule has 0 bridgehead atoms. The zero-order valence-electron chi connectivity index (χ0n) is 12.4. The second-order valence-corrected chi connectivity index (χ2v) is 5.41. The zero-order valence-corrected chi connectivity index (χ0v) is 12.4. The number of H-pyrrole nitrogens is 1. The fourth-order valence-electron chi connectivity index (χ4n) is 2.98. The van der Waals surface area contributed by atoms with Crippen molar-refractivity contribution in [2.45, 2.75) is 18.8 Å². The van der Waals surface area contributed by atoms with Gasteiger partial charge in [-0.15, -0.1) is 0 Å². The third kappa shape index (κ3) is 2.68. The van der Waals surface area contributed by atoms with Crippen molar-refractivity contribution >= 4 is 17.0 Å². The van der Waals surface area contributed by atoms with Gasteiger partial charge in [-0.3, -0.25) is 0 Å². The normalized spacial score (nSPS) is 16.2. The molecule has 3 rings (SSSR count). The summed E-state index contributed by atoms with van der Waals surface area (Å²) >= 11 is 0. The summed E-state index contributed by atoms with van der Waals surface area (Å²) in [5.41, 5.74) is 2.36. The highest BCUT2D eigenvalue weighted by atomic mass is 16.5. The Kier molecular flexibility index (Phi) is 3.73. The Balaban J connectivity index is 1.74. The van der Waals surface area contributed by atoms with E-state index in [2.05, 4.69) is 11.1 Å². The third-order valence-corrected chi connectivity index (χ3v) is 4.22. The number of rotatable bonds is 2. The van der Waals surface area contributed by atoms with Crippen LogP contribution in [0.3, 0.4) is 0 Å². The number of nitrogens with one attached hydrogen (secondary N) is 1. The topological polar surface area (TPSA) is 54.6 Å². The summed E-state index contributed by atoms with van der Waals surface area (Å²) in [4.78, 5) is 16.8. The van der Waals surface area contributed by atoms with Crippen molar-refractivity contribution in [2.24, 2.45) is 0 Å². The number of fused-ring (bicyclic) bond motifs is 1. The van der Waals surface area contributed by atoms with Gasteiger partial charge in [0.2, 0.25) is 0 Å². The number of hydrogen-bond acceptors (Lipinski definition) is 3. The number of aromatic nitrogens is 1. The SMILES string of the molecule is COC(=O)N1CCC(c2cc3cc(OC)ccc3[nH]2)CC1. The minimum absolute atomic E-state index is 0.227. The third-order valence-electron chi connectivity index (χ3n) is 4.22. The highest BCUT2D eigenvalue weighted by Gasteiger charge is 2.25. The Hall–Kier alpha value is -2.17. The molecule has 1 saturated heterocycles. The van der Waals surface area contributed by atoms with Crippen molar-refractivity contribution in [1.82, 2.24) is 9.88 Å². The minimum atomic E-state index is -0.227. The van der Waals surface area contributed by atoms with E-state index in [1.54, 1.807) is 12.0 Å². The van der Waals surface area contributed by atoms with Gasteiger partial charge in [-0.25, -0.2) is 4.79 Å². The van der Waals surface area contributed by atoms with Gasteiger partial charge in [-0.2, -0.15) is 0 Å². The van der Waals surface area contributed by atoms with E-state index in [-0.39, 0.29) is 6.09 Å². The van der Waals surface area contributed by atoms with Gasteiger partial charge in [0.1, 0.15) is 5.75 Å². The van der Waals surface area contributed by atoms with Crippen LogP contribution in [0.15, 0.2) is 24.3 Å². The van der Waals surface area contributed by atoms with Crippen LogP contribution in [0.5, 0.6) is 5.75 Å². The average molecular weight is 288 g/mol. The van der Waals surface area contributed by atoms with Crippen molar-refractivity contribution < 1.29 is 14.3 Å². The maximum atomic E-state index is 11.5. The molecule has 0 atom stereocenters. The van der Waals surface area contributed by atoms with Crippen molar-refractivity contribution in [2.75, 3.05) is 27.3 Å². The molecule has 1 aromatic heterocycles. The quantitative estimate of drug-likeness (QED) is 0.923. The van der Waals surface area contributed by atoms with E-state index in [9.17, 15) is 4.79 Å². The number of benzene rings is 1. The Morgan fingerprint density at radius 2 is 2.00 bits per heavy atom. The van der Waals surface area contributed by atoms with Gasteiger partial charge in [-0.1, -0.05) is 0 Å². The Morgan fingerprint density at radius 1 is 1.24 bits per heavy atom. The highest BCUT2D eigenvalue weighted by molar-refractivity contribution is 5.82. The van der Waals surface area contributed by atoms with Crippen LogP contribution in [0.2, 0.25) is 0 Å². The first kappa shape index (κ1) is 13.8. The van der Waals surface area contributed by atoms with E-state index in [0.717, 1.165) is 37.2 Å². The average Bonchev–Trinajstić information content (AvgIpc) is 2.97. The summed E-state index contributed by atoms with van der Waals surface area (Å²) in [5.74, 6) is 1.33. The fraction of sp³-hybridized carbons (Fsp3) is 0.438. The largest absolute Gasteiger partial charge is 0.497 e. The number of hydrogen-bond donors (Lipinski definition) is 1. The summed E-state index contributed by atoms with van der Waals surface area (Å²) < 4.78 is 10.0. The number of methoxy groups -OCH3 is 2. The molecule has 2 aromatic rings. The lowest BCUT2D eigenvalue weighted by Gasteiger charge is -2.30. The van der Waals surface area contributed by atoms with Gasteiger partial charge in [0.25, 0.3) is 0 Å². The number of nitrogens with zero attached hydrogens (tertiary/aromatic N) is 1. The van der Waals surface area contributed by atoms with Gasteiger partial charge >= 0.3 is 6.09 Å². The molecule has 1 fully saturated rings. The molecule has 1 aliphatic heterocycles. The standard InChI is InChI=1S/C16H20N2O3/c1-20-13-3-4-14-12(9-13)10-15(17-14)11-5-7-18(8-6-11)16(19)21-2/h3-4,9-11,17H,5-8H2,1-2H3. The number of aromatic amines is 1. The van der Waals surface area contributed by atoms with Crippen LogP contribution in [0, 0.1) is 0 Å². The van der Waals surface area contributed by atoms with Crippen LogP contribution < -0.4 is 4.74 Å². The molecular formula is C16H20N2O3. The monoisotopic (exact) mass is 288 g/mol. The van der Waals surface area contributed by atoms with Gasteiger partial charge in [0.15, 0.2) is 0 Å². The van der Waals surface area contributed by atoms with Crippen molar-refractivity contribution in [1.29, 1.82) is 0 Å². The Bertz CT molecular complexity index is 642. The van der Waals surface area contributed by atoms with Gasteiger partial charge < -0.3 is 19.4 Å². The first-order valence-corrected chi connectivity index (χ1v) is 7.21. The summed E-state index contributed by atoms with van der Waals surface area (Å²) in [7, 11) is 3.11. The van der Waals surface area contributed by atoms with E-state index in [0.29, 0.717) is 5.92 Å². The van der Waals surface area contributed by atoms with Crippen molar-refractivity contribution in [3.8, 4) is 5.75 Å². The lowest BCUT2D eigenvalue weighted by atomic mass is 9.94. The molecule has 21 heavy (non-hydrogen) atoms. The summed E-state index contributed by atoms with van der Waals surface area (Å²) in [5, 5.41) is 1.17. The van der Waals surface area contributed by atoms with Crippen LogP contribution in [-0.4, -0.2) is 43.3 Å². The second-order valence-electron chi connectivity index (χ2n) is 5.41. The summed E-state index contributed by atoms with van der Waals surface area (Å²) in [6, 6.07) is 8.24. The molecule has 1 aromatic carbocycles. The van der Waals surface area contributed by atoms with E-state index in [1.807, 2.05) is 18.2 Å². The maximum Gasteiger partial charge on any atom is 0.409 e. The smallest absolute Gasteiger partial charge is 0.409 e. The van der Waals surface area contributed by atoms with E-state index < -0.39 is 0 Å². The lowest BCUT2D eigenvalue weighted by Crippen LogP contribution is -2.37. The number of piperidine rings is 1. The predicted octanol–water partition coefficient (Wildman–Crippen LogP) is 3.12. The number of ether oxygens (including phenoxy) is 2. The number of amides is 1. The molecule has 1 N–H and O–H groups in total. The molecular weight excluding hydrogens is 268 g/mol. The molecule has 0 saturated carbocycles. The summed E-state index contributed by atoms with van der Waals surface area (Å²) in [6.45, 7) is 1.49. The van der Waals surface area contributed by atoms with E-state index in [4.69, 9.17) is 9.47 Å². The van der Waals surface area contributed by atoms with Crippen LogP contribution >= 0.6 is 0 Å². The van der Waals surface area contributed by atoms with E-state index in [1.165, 1.54) is 18.2 Å². The van der Waals surface area contributed by atoms with Crippen molar-refractivity contribution in [3.05, 3.63) is 30.0 Å². The Morgan fingerprint density at radius 3 is 2.67 bits per heavy atom. The molecule has 0 unspecified atom stereocenters. The molecule has 1 amide bonds. The number of carbonyl (C=O) groups excluding carboxylic acids is 1. The maximum absolute atomic E-state index is 11.5. The molecule has 0 spiro atoms. The molecule has 0 radical (unpaired) electrons. The molecule has 5 nitrogen and oxygen atoms in total. The molecule has 2 heterocycles. The molecule has 1 aliphatic rings. The van der Waals surface area contributed by atoms with Crippen LogP contribution in [0.1, 0.15) is 24.5 Å². The first-order valence-electron chi connectivity index (χ1n) is 7.21. The lowest BCUT2D eigenvalue weighted by molar-refractivity contribution is 0.112. The van der Waals surface area contributed by atoms with Crippen LogP contribution in [-0.2, 0) is 4.74 Å². The second kappa shape index (κ2) is 5.68. The highest BCUT2D eigenvalue weighted by Crippen LogP contribution is 2.31. The number of carbonyl (C=O) groups is 1. The van der Waals surface area contributed by atoms with Gasteiger partial charge in [0, 0.05) is 35.6 Å². The predicted molar refractivity (Wildman–Crippen MR) is 80.8 cm³/mol.